The van der Waals surface area contributed by atoms with E-state index in [1.807, 2.05) is 6.08 Å². The Hall–Kier alpha value is -1.46. The van der Waals surface area contributed by atoms with Crippen molar-refractivity contribution in [2.24, 2.45) is 22.7 Å². The van der Waals surface area contributed by atoms with Crippen LogP contribution in [-0.4, -0.2) is 40.4 Å². The first-order valence-corrected chi connectivity index (χ1v) is 14.1. The molecule has 4 nitrogen and oxygen atoms in total. The van der Waals surface area contributed by atoms with Crippen LogP contribution in [0, 0.1) is 22.7 Å². The Balaban J connectivity index is 1.43. The van der Waals surface area contributed by atoms with Crippen molar-refractivity contribution < 1.29 is 19.7 Å². The van der Waals surface area contributed by atoms with E-state index in [0.717, 1.165) is 50.5 Å². The molecule has 0 amide bonds. The van der Waals surface area contributed by atoms with Crippen LogP contribution in [0.2, 0.25) is 0 Å². The van der Waals surface area contributed by atoms with Crippen molar-refractivity contribution in [3.8, 4) is 0 Å². The summed E-state index contributed by atoms with van der Waals surface area (Å²) in [4.78, 5) is 0. The predicted octanol–water partition coefficient (Wildman–Crippen LogP) is 6.38. The number of aliphatic hydroxyl groups is 2. The molecule has 6 rings (SSSR count). The van der Waals surface area contributed by atoms with E-state index in [4.69, 9.17) is 9.47 Å². The van der Waals surface area contributed by atoms with Gasteiger partial charge in [0, 0.05) is 29.6 Å². The molecule has 4 fully saturated rings. The number of fused-ring (bicyclic) bond motifs is 4. The van der Waals surface area contributed by atoms with E-state index in [2.05, 4.69) is 58.5 Å². The van der Waals surface area contributed by atoms with Gasteiger partial charge in [0.15, 0.2) is 5.79 Å². The first-order valence-electron chi connectivity index (χ1n) is 14.1. The van der Waals surface area contributed by atoms with Crippen LogP contribution in [0.5, 0.6) is 0 Å². The molecule has 1 aliphatic heterocycles. The molecule has 3 saturated carbocycles. The largest absolute Gasteiger partial charge is 0.390 e. The van der Waals surface area contributed by atoms with E-state index in [9.17, 15) is 10.2 Å². The molecule has 4 aliphatic carbocycles. The molecule has 5 unspecified atom stereocenters. The highest BCUT2D eigenvalue weighted by Gasteiger charge is 2.63. The third-order valence-electron chi connectivity index (χ3n) is 11.0. The fourth-order valence-electron chi connectivity index (χ4n) is 8.64. The zero-order valence-corrected chi connectivity index (χ0v) is 22.6. The van der Waals surface area contributed by atoms with Gasteiger partial charge in [-0.25, -0.2) is 0 Å². The van der Waals surface area contributed by atoms with Crippen molar-refractivity contribution >= 4 is 6.08 Å². The summed E-state index contributed by atoms with van der Waals surface area (Å²) >= 11 is 0. The summed E-state index contributed by atoms with van der Waals surface area (Å²) in [5.41, 5.74) is 3.50. The summed E-state index contributed by atoms with van der Waals surface area (Å²) in [7, 11) is 0. The van der Waals surface area contributed by atoms with Gasteiger partial charge in [-0.2, -0.15) is 0 Å². The number of ether oxygens (including phenoxy) is 2. The van der Waals surface area contributed by atoms with E-state index >= 15 is 0 Å². The van der Waals surface area contributed by atoms with Crippen LogP contribution in [-0.2, 0) is 9.47 Å². The molecule has 1 aromatic carbocycles. The molecule has 36 heavy (non-hydrogen) atoms. The van der Waals surface area contributed by atoms with Crippen LogP contribution >= 0.6 is 0 Å². The van der Waals surface area contributed by atoms with Gasteiger partial charge in [0.2, 0.25) is 0 Å². The fourth-order valence-corrected chi connectivity index (χ4v) is 8.64. The van der Waals surface area contributed by atoms with Crippen molar-refractivity contribution in [2.75, 3.05) is 13.2 Å². The maximum Gasteiger partial charge on any atom is 0.171 e. The SMILES string of the molecule is C=Cc1ccc([C@H]2CC3(C)C(CCC3(C)O)C3CCC4(O)CC5(CCC4=C32)OCC(C)(C)CO5)cc1. The second-order valence-corrected chi connectivity index (χ2v) is 13.9. The number of hydrogen-bond acceptors (Lipinski definition) is 4. The monoisotopic (exact) mass is 492 g/mol. The Morgan fingerprint density at radius 1 is 0.944 bits per heavy atom. The van der Waals surface area contributed by atoms with E-state index < -0.39 is 17.0 Å². The van der Waals surface area contributed by atoms with Crippen LogP contribution < -0.4 is 0 Å². The normalized spacial score (nSPS) is 43.0. The second kappa shape index (κ2) is 8.02. The molecule has 6 atom stereocenters. The Bertz CT molecular complexity index is 1070. The lowest BCUT2D eigenvalue weighted by molar-refractivity contribution is -0.322. The van der Waals surface area contributed by atoms with Gasteiger partial charge in [-0.3, -0.25) is 0 Å². The van der Waals surface area contributed by atoms with Gasteiger partial charge < -0.3 is 19.7 Å². The molecule has 1 saturated heterocycles. The lowest BCUT2D eigenvalue weighted by Gasteiger charge is -2.58. The molecule has 1 spiro atoms. The number of allylic oxidation sites excluding steroid dienone is 1. The molecular formula is C32H44O4. The standard InChI is InChI=1S/C32H44O4/c1-6-21-7-9-22(10-8-21)24-17-29(4)25(12-14-30(29,5)33)23-11-15-31(34)18-32(16-13-26(31)27(23)24)35-19-28(2,3)20-36-32/h6-10,23-25,33-34H,1,11-20H2,2-5H3/t23?,24-,25?,29?,30?,31?/m1/s1. The summed E-state index contributed by atoms with van der Waals surface area (Å²) in [6.45, 7) is 14.0. The fraction of sp³-hybridized carbons (Fsp3) is 0.688. The maximum atomic E-state index is 12.3. The van der Waals surface area contributed by atoms with Crippen LogP contribution in [0.1, 0.15) is 96.1 Å². The third kappa shape index (κ3) is 3.62. The molecule has 4 heteroatoms. The lowest BCUT2D eigenvalue weighted by atomic mass is 9.50. The van der Waals surface area contributed by atoms with E-state index in [-0.39, 0.29) is 16.7 Å². The van der Waals surface area contributed by atoms with Gasteiger partial charge in [-0.15, -0.1) is 0 Å². The van der Waals surface area contributed by atoms with Crippen molar-refractivity contribution in [3.63, 3.8) is 0 Å². The first kappa shape index (κ1) is 24.9. The summed E-state index contributed by atoms with van der Waals surface area (Å²) in [5.74, 6) is 0.422. The van der Waals surface area contributed by atoms with E-state index in [0.29, 0.717) is 31.5 Å². The second-order valence-electron chi connectivity index (χ2n) is 13.9. The van der Waals surface area contributed by atoms with Gasteiger partial charge >= 0.3 is 0 Å². The first-order chi connectivity index (χ1) is 16.9. The van der Waals surface area contributed by atoms with E-state index in [1.165, 1.54) is 16.7 Å². The van der Waals surface area contributed by atoms with Crippen LogP contribution in [0.4, 0.5) is 0 Å². The average Bonchev–Trinajstić information content (AvgIpc) is 3.08. The summed E-state index contributed by atoms with van der Waals surface area (Å²) < 4.78 is 12.7. The number of rotatable bonds is 2. The minimum Gasteiger partial charge on any atom is -0.390 e. The smallest absolute Gasteiger partial charge is 0.171 e. The van der Waals surface area contributed by atoms with Gasteiger partial charge in [-0.05, 0) is 74.0 Å². The molecule has 0 aromatic heterocycles. The Kier molecular flexibility index (Phi) is 5.54. The van der Waals surface area contributed by atoms with Crippen molar-refractivity contribution in [1.29, 1.82) is 0 Å². The molecule has 5 aliphatic rings. The predicted molar refractivity (Wildman–Crippen MR) is 142 cm³/mol. The highest BCUT2D eigenvalue weighted by Crippen LogP contribution is 2.67. The number of hydrogen-bond donors (Lipinski definition) is 2. The lowest BCUT2D eigenvalue weighted by Crippen LogP contribution is -2.58. The van der Waals surface area contributed by atoms with Crippen LogP contribution in [0.3, 0.4) is 0 Å². The summed E-state index contributed by atoms with van der Waals surface area (Å²) in [6.07, 6.45) is 8.62. The van der Waals surface area contributed by atoms with Crippen molar-refractivity contribution in [2.45, 2.75) is 102 Å². The van der Waals surface area contributed by atoms with E-state index in [1.54, 1.807) is 0 Å². The zero-order valence-electron chi connectivity index (χ0n) is 22.6. The third-order valence-corrected chi connectivity index (χ3v) is 11.0. The average molecular weight is 493 g/mol. The quantitative estimate of drug-likeness (QED) is 0.471. The zero-order chi connectivity index (χ0) is 25.6. The Morgan fingerprint density at radius 3 is 2.31 bits per heavy atom. The highest BCUT2D eigenvalue weighted by molar-refractivity contribution is 5.50. The van der Waals surface area contributed by atoms with Gasteiger partial charge in [0.1, 0.15) is 0 Å². The molecule has 1 heterocycles. The van der Waals surface area contributed by atoms with Crippen LogP contribution in [0.15, 0.2) is 42.0 Å². The number of benzene rings is 1. The molecule has 2 N–H and O–H groups in total. The van der Waals surface area contributed by atoms with Gasteiger partial charge in [-0.1, -0.05) is 63.3 Å². The Labute approximate surface area is 216 Å². The minimum atomic E-state index is -0.875. The summed E-state index contributed by atoms with van der Waals surface area (Å²) in [6, 6.07) is 8.79. The minimum absolute atomic E-state index is 0.0141. The maximum absolute atomic E-state index is 12.3. The van der Waals surface area contributed by atoms with Gasteiger partial charge in [0.25, 0.3) is 0 Å². The Morgan fingerprint density at radius 2 is 1.64 bits per heavy atom. The molecule has 196 valence electrons. The highest BCUT2D eigenvalue weighted by atomic mass is 16.7. The topological polar surface area (TPSA) is 58.9 Å². The molecule has 0 bridgehead atoms. The summed E-state index contributed by atoms with van der Waals surface area (Å²) in [5, 5.41) is 23.8. The molecule has 1 aromatic rings. The molecule has 0 radical (unpaired) electrons. The van der Waals surface area contributed by atoms with Gasteiger partial charge in [0.05, 0.1) is 24.4 Å². The van der Waals surface area contributed by atoms with Crippen molar-refractivity contribution in [3.05, 3.63) is 53.1 Å². The molecular weight excluding hydrogens is 448 g/mol. The van der Waals surface area contributed by atoms with Crippen LogP contribution in [0.25, 0.3) is 6.08 Å². The van der Waals surface area contributed by atoms with Crippen molar-refractivity contribution in [1.82, 2.24) is 0 Å².